The van der Waals surface area contributed by atoms with Gasteiger partial charge in [0.05, 0.1) is 11.4 Å². The number of sulfonamides is 1. The molecule has 138 valence electrons. The predicted molar refractivity (Wildman–Crippen MR) is 99.2 cm³/mol. The van der Waals surface area contributed by atoms with Gasteiger partial charge in [-0.25, -0.2) is 12.8 Å². The number of benzene rings is 2. The minimum absolute atomic E-state index is 0.0926. The highest BCUT2D eigenvalue weighted by Crippen LogP contribution is 2.31. The Balaban J connectivity index is 1.88. The molecule has 2 aromatic rings. The first-order chi connectivity index (χ1) is 12.4. The van der Waals surface area contributed by atoms with Crippen LogP contribution < -0.4 is 10.0 Å². The quantitative estimate of drug-likeness (QED) is 0.786. The van der Waals surface area contributed by atoms with Crippen molar-refractivity contribution in [3.63, 3.8) is 0 Å². The normalized spacial score (nSPS) is 15.0. The Kier molecular flexibility index (Phi) is 5.48. The second-order valence-corrected chi connectivity index (χ2v) is 8.28. The number of amides is 1. The molecule has 2 aromatic carbocycles. The Bertz CT molecular complexity index is 928. The molecule has 2 N–H and O–H groups in total. The molecule has 1 fully saturated rings. The lowest BCUT2D eigenvalue weighted by Gasteiger charge is -2.16. The summed E-state index contributed by atoms with van der Waals surface area (Å²) in [5.41, 5.74) is 0.373. The van der Waals surface area contributed by atoms with Gasteiger partial charge in [0.2, 0.25) is 5.91 Å². The van der Waals surface area contributed by atoms with Crippen molar-refractivity contribution in [2.75, 3.05) is 10.0 Å². The van der Waals surface area contributed by atoms with Crippen molar-refractivity contribution >= 4 is 38.9 Å². The van der Waals surface area contributed by atoms with E-state index in [1.807, 2.05) is 0 Å². The summed E-state index contributed by atoms with van der Waals surface area (Å²) in [5.74, 6) is -1.12. The smallest absolute Gasteiger partial charge is 0.264 e. The second kappa shape index (κ2) is 7.63. The summed E-state index contributed by atoms with van der Waals surface area (Å²) in [6.07, 6.45) is 3.62. The van der Waals surface area contributed by atoms with Gasteiger partial charge in [-0.15, -0.1) is 0 Å². The predicted octanol–water partition coefficient (Wildman–Crippen LogP) is 4.41. The highest BCUT2D eigenvalue weighted by Gasteiger charge is 2.25. The van der Waals surface area contributed by atoms with E-state index in [0.29, 0.717) is 5.02 Å². The number of carbonyl (C=O) groups excluding carboxylic acids is 1. The summed E-state index contributed by atoms with van der Waals surface area (Å²) in [6.45, 7) is 0. The maximum absolute atomic E-state index is 13.9. The maximum Gasteiger partial charge on any atom is 0.264 e. The van der Waals surface area contributed by atoms with Crippen molar-refractivity contribution in [2.45, 2.75) is 30.6 Å². The Labute approximate surface area is 156 Å². The number of rotatable bonds is 5. The summed E-state index contributed by atoms with van der Waals surface area (Å²) in [4.78, 5) is 11.9. The number of anilines is 2. The zero-order valence-corrected chi connectivity index (χ0v) is 15.4. The molecule has 8 heteroatoms. The molecular weight excluding hydrogens is 379 g/mol. The Morgan fingerprint density at radius 1 is 1.08 bits per heavy atom. The molecule has 5 nitrogen and oxygen atoms in total. The van der Waals surface area contributed by atoms with Crippen molar-refractivity contribution in [3.8, 4) is 0 Å². The van der Waals surface area contributed by atoms with Crippen molar-refractivity contribution in [2.24, 2.45) is 5.92 Å². The van der Waals surface area contributed by atoms with Gasteiger partial charge in [-0.3, -0.25) is 9.52 Å². The van der Waals surface area contributed by atoms with Crippen molar-refractivity contribution < 1.29 is 17.6 Å². The highest BCUT2D eigenvalue weighted by molar-refractivity contribution is 7.92. The molecule has 0 radical (unpaired) electrons. The lowest BCUT2D eigenvalue weighted by Crippen LogP contribution is -2.22. The van der Waals surface area contributed by atoms with Crippen LogP contribution in [0.2, 0.25) is 5.02 Å². The van der Waals surface area contributed by atoms with Crippen LogP contribution in [-0.4, -0.2) is 14.3 Å². The fourth-order valence-electron chi connectivity index (χ4n) is 2.99. The van der Waals surface area contributed by atoms with Gasteiger partial charge < -0.3 is 5.32 Å². The van der Waals surface area contributed by atoms with Gasteiger partial charge in [-0.2, -0.15) is 0 Å². The van der Waals surface area contributed by atoms with E-state index in [2.05, 4.69) is 10.0 Å². The van der Waals surface area contributed by atoms with Gasteiger partial charge in [0, 0.05) is 10.9 Å². The molecule has 3 rings (SSSR count). The lowest BCUT2D eigenvalue weighted by molar-refractivity contribution is -0.119. The van der Waals surface area contributed by atoms with Crippen LogP contribution >= 0.6 is 11.6 Å². The van der Waals surface area contributed by atoms with Gasteiger partial charge in [0.1, 0.15) is 10.7 Å². The van der Waals surface area contributed by atoms with Crippen LogP contribution in [0.25, 0.3) is 0 Å². The summed E-state index contributed by atoms with van der Waals surface area (Å²) in [7, 11) is -4.15. The highest BCUT2D eigenvalue weighted by atomic mass is 35.5. The van der Waals surface area contributed by atoms with Gasteiger partial charge in [0.15, 0.2) is 0 Å². The fraction of sp³-hybridized carbons (Fsp3) is 0.278. The molecule has 1 saturated carbocycles. The summed E-state index contributed by atoms with van der Waals surface area (Å²) < 4.78 is 41.2. The van der Waals surface area contributed by atoms with Gasteiger partial charge in [0.25, 0.3) is 10.0 Å². The number of halogens is 2. The average Bonchev–Trinajstić information content (AvgIpc) is 3.12. The van der Waals surface area contributed by atoms with E-state index in [4.69, 9.17) is 11.6 Å². The first kappa shape index (κ1) is 18.7. The molecule has 0 bridgehead atoms. The standard InChI is InChI=1S/C18H18ClFN2O3S/c19-13-9-10-15(16(11-13)21-18(23)12-5-1-2-6-12)22-26(24,25)17-8-4-3-7-14(17)20/h3-4,7-12,22H,1-2,5-6H2,(H,21,23). The van der Waals surface area contributed by atoms with Crippen LogP contribution in [0.15, 0.2) is 47.4 Å². The third-order valence-electron chi connectivity index (χ3n) is 4.34. The molecule has 1 aliphatic rings. The number of hydrogen-bond acceptors (Lipinski definition) is 3. The topological polar surface area (TPSA) is 75.3 Å². The minimum Gasteiger partial charge on any atom is -0.324 e. The van der Waals surface area contributed by atoms with Crippen molar-refractivity contribution in [1.82, 2.24) is 0 Å². The van der Waals surface area contributed by atoms with Crippen LogP contribution in [0.3, 0.4) is 0 Å². The van der Waals surface area contributed by atoms with Crippen LogP contribution in [0.4, 0.5) is 15.8 Å². The van der Waals surface area contributed by atoms with E-state index in [1.165, 1.54) is 36.4 Å². The molecule has 1 amide bonds. The summed E-state index contributed by atoms with van der Waals surface area (Å²) >= 11 is 5.98. The SMILES string of the molecule is O=C(Nc1cc(Cl)ccc1NS(=O)(=O)c1ccccc1F)C1CCCC1. The molecule has 0 saturated heterocycles. The summed E-state index contributed by atoms with van der Waals surface area (Å²) in [5, 5.41) is 3.09. The number of nitrogens with one attached hydrogen (secondary N) is 2. The van der Waals surface area contributed by atoms with Crippen molar-refractivity contribution in [1.29, 1.82) is 0 Å². The Hall–Kier alpha value is -2.12. The van der Waals surface area contributed by atoms with E-state index in [0.717, 1.165) is 31.7 Å². The lowest BCUT2D eigenvalue weighted by atomic mass is 10.1. The third kappa shape index (κ3) is 4.16. The monoisotopic (exact) mass is 396 g/mol. The number of hydrogen-bond donors (Lipinski definition) is 2. The zero-order valence-electron chi connectivity index (χ0n) is 13.8. The molecule has 1 aliphatic carbocycles. The second-order valence-electron chi connectivity index (χ2n) is 6.20. The first-order valence-corrected chi connectivity index (χ1v) is 10.1. The first-order valence-electron chi connectivity index (χ1n) is 8.24. The third-order valence-corrected chi connectivity index (χ3v) is 5.97. The molecule has 0 spiro atoms. The van der Waals surface area contributed by atoms with Gasteiger partial charge in [-0.1, -0.05) is 36.6 Å². The van der Waals surface area contributed by atoms with Gasteiger partial charge >= 0.3 is 0 Å². The fourth-order valence-corrected chi connectivity index (χ4v) is 4.33. The maximum atomic E-state index is 13.9. The van der Waals surface area contributed by atoms with E-state index in [9.17, 15) is 17.6 Å². The molecule has 0 atom stereocenters. The van der Waals surface area contributed by atoms with Crippen LogP contribution in [0.1, 0.15) is 25.7 Å². The summed E-state index contributed by atoms with van der Waals surface area (Å²) in [6, 6.07) is 9.47. The van der Waals surface area contributed by atoms with Crippen LogP contribution in [-0.2, 0) is 14.8 Å². The van der Waals surface area contributed by atoms with E-state index >= 15 is 0 Å². The molecular formula is C18H18ClFN2O3S. The van der Waals surface area contributed by atoms with E-state index < -0.39 is 20.7 Å². The molecule has 26 heavy (non-hydrogen) atoms. The molecule has 0 unspecified atom stereocenters. The zero-order chi connectivity index (χ0) is 18.7. The van der Waals surface area contributed by atoms with E-state index in [1.54, 1.807) is 0 Å². The van der Waals surface area contributed by atoms with E-state index in [-0.39, 0.29) is 23.2 Å². The van der Waals surface area contributed by atoms with Crippen LogP contribution in [0.5, 0.6) is 0 Å². The molecule has 0 aromatic heterocycles. The van der Waals surface area contributed by atoms with Crippen molar-refractivity contribution in [3.05, 3.63) is 53.3 Å². The van der Waals surface area contributed by atoms with Crippen LogP contribution in [0, 0.1) is 11.7 Å². The largest absolute Gasteiger partial charge is 0.324 e. The molecule has 0 aliphatic heterocycles. The minimum atomic E-state index is -4.15. The number of carbonyl (C=O) groups is 1. The average molecular weight is 397 g/mol. The Morgan fingerprint density at radius 3 is 2.46 bits per heavy atom. The van der Waals surface area contributed by atoms with Gasteiger partial charge in [-0.05, 0) is 43.2 Å². The Morgan fingerprint density at radius 2 is 1.77 bits per heavy atom. The molecule has 0 heterocycles.